The van der Waals surface area contributed by atoms with Gasteiger partial charge in [-0.25, -0.2) is 10.4 Å². The van der Waals surface area contributed by atoms with Crippen molar-refractivity contribution in [2.75, 3.05) is 19.7 Å². The molecule has 0 aromatic heterocycles. The van der Waals surface area contributed by atoms with Crippen molar-refractivity contribution in [2.45, 2.75) is 0 Å². The van der Waals surface area contributed by atoms with Crippen LogP contribution in [0.1, 0.15) is 0 Å². The van der Waals surface area contributed by atoms with E-state index in [-0.39, 0.29) is 5.88 Å². The Balaban J connectivity index is 1.67. The average molecular weight is 248 g/mol. The van der Waals surface area contributed by atoms with Gasteiger partial charge in [0.2, 0.25) is 5.88 Å². The van der Waals surface area contributed by atoms with Gasteiger partial charge in [0.25, 0.3) is 0 Å². The Kier molecular flexibility index (Phi) is 4.03. The maximum absolute atomic E-state index is 9.19. The fourth-order valence-electron chi connectivity index (χ4n) is 1.47. The lowest BCUT2D eigenvalue weighted by Crippen LogP contribution is -2.43. The maximum Gasteiger partial charge on any atom is 0.233 e. The second-order valence-electron chi connectivity index (χ2n) is 3.79. The van der Waals surface area contributed by atoms with Crippen molar-refractivity contribution in [3.8, 4) is 5.75 Å². The zero-order valence-electron chi connectivity index (χ0n) is 9.91. The van der Waals surface area contributed by atoms with Crippen LogP contribution in [0.15, 0.2) is 46.9 Å². The fraction of sp³-hybridized carbons (Fsp3) is 0.250. The molecule has 96 valence electrons. The van der Waals surface area contributed by atoms with Gasteiger partial charge in [-0.3, -0.25) is 5.01 Å². The van der Waals surface area contributed by atoms with Crippen molar-refractivity contribution in [3.63, 3.8) is 0 Å². The molecule has 0 amide bonds. The Labute approximate surface area is 105 Å². The number of aliphatic imine (C=N–C) groups is 1. The Morgan fingerprint density at radius 3 is 2.89 bits per heavy atom. The number of nitrogens with two attached hydrogens (primary N) is 1. The number of hydrogen-bond acceptors (Lipinski definition) is 6. The van der Waals surface area contributed by atoms with Crippen LogP contribution in [0, 0.1) is 0 Å². The van der Waals surface area contributed by atoms with Crippen molar-refractivity contribution in [1.82, 2.24) is 10.4 Å². The van der Waals surface area contributed by atoms with Gasteiger partial charge in [-0.2, -0.15) is 0 Å². The SMILES string of the molecule is NC1=C(O)N=CN(NCCOc2ccccc2)C1. The highest BCUT2D eigenvalue weighted by atomic mass is 16.5. The second kappa shape index (κ2) is 5.92. The molecule has 6 heteroatoms. The van der Waals surface area contributed by atoms with Gasteiger partial charge in [-0.15, -0.1) is 0 Å². The first-order chi connectivity index (χ1) is 8.75. The van der Waals surface area contributed by atoms with E-state index in [1.54, 1.807) is 5.01 Å². The molecule has 18 heavy (non-hydrogen) atoms. The first-order valence-corrected chi connectivity index (χ1v) is 5.65. The number of aliphatic hydroxyl groups excluding tert-OH is 1. The molecule has 0 fully saturated rings. The van der Waals surface area contributed by atoms with E-state index in [0.717, 1.165) is 5.75 Å². The third-order valence-corrected chi connectivity index (χ3v) is 2.38. The highest BCUT2D eigenvalue weighted by Gasteiger charge is 2.10. The van der Waals surface area contributed by atoms with Crippen LogP contribution in [0.3, 0.4) is 0 Å². The minimum Gasteiger partial charge on any atom is -0.492 e. The summed E-state index contributed by atoms with van der Waals surface area (Å²) >= 11 is 0. The smallest absolute Gasteiger partial charge is 0.233 e. The summed E-state index contributed by atoms with van der Waals surface area (Å²) in [7, 11) is 0. The Hall–Kier alpha value is -2.21. The first-order valence-electron chi connectivity index (χ1n) is 5.65. The molecular formula is C12H16N4O2. The number of ether oxygens (including phenoxy) is 1. The van der Waals surface area contributed by atoms with E-state index in [1.807, 2.05) is 30.3 Å². The average Bonchev–Trinajstić information content (AvgIpc) is 2.40. The normalized spacial score (nSPS) is 15.0. The van der Waals surface area contributed by atoms with E-state index in [9.17, 15) is 5.11 Å². The van der Waals surface area contributed by atoms with Gasteiger partial charge in [-0.1, -0.05) is 18.2 Å². The van der Waals surface area contributed by atoms with E-state index in [4.69, 9.17) is 10.5 Å². The molecular weight excluding hydrogens is 232 g/mol. The van der Waals surface area contributed by atoms with Crippen LogP contribution in [0.25, 0.3) is 0 Å². The van der Waals surface area contributed by atoms with E-state index in [1.165, 1.54) is 6.34 Å². The zero-order chi connectivity index (χ0) is 12.8. The second-order valence-corrected chi connectivity index (χ2v) is 3.79. The zero-order valence-corrected chi connectivity index (χ0v) is 9.91. The first kappa shape index (κ1) is 12.3. The lowest BCUT2D eigenvalue weighted by Gasteiger charge is -2.23. The molecule has 1 aliphatic rings. The van der Waals surface area contributed by atoms with Crippen molar-refractivity contribution in [3.05, 3.63) is 41.9 Å². The number of nitrogens with one attached hydrogen (secondary N) is 1. The van der Waals surface area contributed by atoms with Gasteiger partial charge in [0.15, 0.2) is 0 Å². The summed E-state index contributed by atoms with van der Waals surface area (Å²) in [5, 5.41) is 10.9. The van der Waals surface area contributed by atoms with Crippen LogP contribution in [0.5, 0.6) is 5.75 Å². The number of hydrazine groups is 1. The number of rotatable bonds is 5. The Morgan fingerprint density at radius 1 is 1.39 bits per heavy atom. The molecule has 1 aromatic rings. The topological polar surface area (TPSA) is 83.1 Å². The van der Waals surface area contributed by atoms with Gasteiger partial charge >= 0.3 is 0 Å². The van der Waals surface area contributed by atoms with E-state index < -0.39 is 0 Å². The van der Waals surface area contributed by atoms with Gasteiger partial charge < -0.3 is 15.6 Å². The summed E-state index contributed by atoms with van der Waals surface area (Å²) in [5.74, 6) is 0.720. The van der Waals surface area contributed by atoms with Gasteiger partial charge in [-0.05, 0) is 12.1 Å². The molecule has 4 N–H and O–H groups in total. The number of aliphatic hydroxyl groups is 1. The minimum atomic E-state index is -0.117. The Morgan fingerprint density at radius 2 is 2.17 bits per heavy atom. The van der Waals surface area contributed by atoms with Crippen LogP contribution >= 0.6 is 0 Å². The van der Waals surface area contributed by atoms with E-state index in [0.29, 0.717) is 25.4 Å². The van der Waals surface area contributed by atoms with Gasteiger partial charge in [0, 0.05) is 6.54 Å². The molecule has 1 aliphatic heterocycles. The fourth-order valence-corrected chi connectivity index (χ4v) is 1.47. The van der Waals surface area contributed by atoms with Crippen LogP contribution in [-0.2, 0) is 0 Å². The van der Waals surface area contributed by atoms with E-state index in [2.05, 4.69) is 10.4 Å². The third-order valence-electron chi connectivity index (χ3n) is 2.38. The summed E-state index contributed by atoms with van der Waals surface area (Å²) in [5.41, 5.74) is 8.99. The summed E-state index contributed by atoms with van der Waals surface area (Å²) in [6.07, 6.45) is 1.49. The summed E-state index contributed by atoms with van der Waals surface area (Å²) < 4.78 is 5.52. The maximum atomic E-state index is 9.19. The predicted molar refractivity (Wildman–Crippen MR) is 69.0 cm³/mol. The summed E-state index contributed by atoms with van der Waals surface area (Å²) in [6, 6.07) is 9.60. The molecule has 0 unspecified atom stereocenters. The van der Waals surface area contributed by atoms with Gasteiger partial charge in [0.05, 0.1) is 12.2 Å². The number of nitrogens with zero attached hydrogens (tertiary/aromatic N) is 2. The van der Waals surface area contributed by atoms with Gasteiger partial charge in [0.1, 0.15) is 18.7 Å². The van der Waals surface area contributed by atoms with Crippen LogP contribution in [0.2, 0.25) is 0 Å². The van der Waals surface area contributed by atoms with Crippen LogP contribution < -0.4 is 15.9 Å². The molecule has 0 spiro atoms. The monoisotopic (exact) mass is 248 g/mol. The predicted octanol–water partition coefficient (Wildman–Crippen LogP) is 0.600. The molecule has 6 nitrogen and oxygen atoms in total. The number of hydrogen-bond donors (Lipinski definition) is 3. The molecule has 0 bridgehead atoms. The van der Waals surface area contributed by atoms with Crippen LogP contribution in [0.4, 0.5) is 0 Å². The van der Waals surface area contributed by atoms with Crippen LogP contribution in [-0.4, -0.2) is 36.2 Å². The largest absolute Gasteiger partial charge is 0.492 e. The highest BCUT2D eigenvalue weighted by molar-refractivity contribution is 5.58. The summed E-state index contributed by atoms with van der Waals surface area (Å²) in [6.45, 7) is 1.56. The molecule has 0 saturated heterocycles. The lowest BCUT2D eigenvalue weighted by molar-refractivity contribution is 0.254. The summed E-state index contributed by atoms with van der Waals surface area (Å²) in [4.78, 5) is 3.74. The molecule has 2 rings (SSSR count). The number of benzene rings is 1. The standard InChI is InChI=1S/C12H16N4O2/c13-11-8-16(9-14-12(11)17)15-6-7-18-10-4-2-1-3-5-10/h1-5,9,15,17H,6-8,13H2. The molecule has 0 radical (unpaired) electrons. The number of para-hydroxylation sites is 1. The molecule has 0 atom stereocenters. The molecule has 1 heterocycles. The lowest BCUT2D eigenvalue weighted by atomic mass is 10.3. The van der Waals surface area contributed by atoms with Crippen molar-refractivity contribution < 1.29 is 9.84 Å². The van der Waals surface area contributed by atoms with Crippen molar-refractivity contribution in [2.24, 2.45) is 10.7 Å². The molecule has 0 saturated carbocycles. The molecule has 0 aliphatic carbocycles. The molecule has 1 aromatic carbocycles. The minimum absolute atomic E-state index is 0.117. The van der Waals surface area contributed by atoms with E-state index >= 15 is 0 Å². The Bertz CT molecular complexity index is 445. The van der Waals surface area contributed by atoms with Crippen molar-refractivity contribution in [1.29, 1.82) is 0 Å². The quantitative estimate of drug-likeness (QED) is 0.665. The highest BCUT2D eigenvalue weighted by Crippen LogP contribution is 2.07. The third kappa shape index (κ3) is 3.39. The van der Waals surface area contributed by atoms with Crippen molar-refractivity contribution >= 4 is 6.34 Å².